The molecule has 1 fully saturated rings. The zero-order valence-electron chi connectivity index (χ0n) is 17.6. The van der Waals surface area contributed by atoms with Gasteiger partial charge in [-0.2, -0.15) is 0 Å². The number of aromatic nitrogens is 2. The highest BCUT2D eigenvalue weighted by atomic mass is 19.1. The highest BCUT2D eigenvalue weighted by molar-refractivity contribution is 5.96. The Labute approximate surface area is 183 Å². The van der Waals surface area contributed by atoms with Crippen LogP contribution in [0.4, 0.5) is 26.0 Å². The van der Waals surface area contributed by atoms with E-state index in [2.05, 4.69) is 15.3 Å². The van der Waals surface area contributed by atoms with Gasteiger partial charge < -0.3 is 15.1 Å². The van der Waals surface area contributed by atoms with E-state index in [9.17, 15) is 18.4 Å². The summed E-state index contributed by atoms with van der Waals surface area (Å²) in [5.74, 6) is -1.59. The van der Waals surface area contributed by atoms with E-state index >= 15 is 0 Å². The van der Waals surface area contributed by atoms with Gasteiger partial charge in [-0.3, -0.25) is 14.6 Å². The molecule has 0 atom stereocenters. The Morgan fingerprint density at radius 2 is 1.91 bits per heavy atom. The first kappa shape index (κ1) is 21.4. The summed E-state index contributed by atoms with van der Waals surface area (Å²) in [6.07, 6.45) is 6.00. The molecule has 1 saturated heterocycles. The van der Waals surface area contributed by atoms with E-state index in [0.29, 0.717) is 35.7 Å². The Balaban J connectivity index is 1.54. The summed E-state index contributed by atoms with van der Waals surface area (Å²) in [5, 5.41) is 3.09. The first-order valence-corrected chi connectivity index (χ1v) is 10.0. The first-order valence-electron chi connectivity index (χ1n) is 10.0. The summed E-state index contributed by atoms with van der Waals surface area (Å²) in [6.45, 7) is 0.665. The van der Waals surface area contributed by atoms with Crippen molar-refractivity contribution in [1.29, 1.82) is 0 Å². The minimum Gasteiger partial charge on any atom is -0.345 e. The van der Waals surface area contributed by atoms with E-state index in [-0.39, 0.29) is 17.0 Å². The van der Waals surface area contributed by atoms with E-state index in [1.807, 2.05) is 0 Å². The largest absolute Gasteiger partial charge is 0.345 e. The van der Waals surface area contributed by atoms with Gasteiger partial charge in [0.2, 0.25) is 5.91 Å². The van der Waals surface area contributed by atoms with Gasteiger partial charge in [-0.15, -0.1) is 0 Å². The van der Waals surface area contributed by atoms with Crippen LogP contribution in [-0.4, -0.2) is 47.3 Å². The van der Waals surface area contributed by atoms with Gasteiger partial charge in [-0.1, -0.05) is 0 Å². The van der Waals surface area contributed by atoms with Crippen LogP contribution < -0.4 is 10.2 Å². The van der Waals surface area contributed by atoms with Crippen molar-refractivity contribution in [3.8, 4) is 11.1 Å². The standard InChI is InChI=1S/C23H21F2N5O2/c1-29(2)23(32)18-10-19(24)17(9-20(18)25)14-5-6-21(27-11-14)28-15-8-16(13-26-12-15)30-7-3-4-22(30)31/h5-6,8-13H,3-4,7H2,1-2H3,(H,27,28). The number of nitrogens with one attached hydrogen (secondary N) is 1. The maximum atomic E-state index is 14.6. The van der Waals surface area contributed by atoms with Gasteiger partial charge >= 0.3 is 0 Å². The van der Waals surface area contributed by atoms with Crippen molar-refractivity contribution < 1.29 is 18.4 Å². The average molecular weight is 437 g/mol. The van der Waals surface area contributed by atoms with Gasteiger partial charge in [0.05, 0.1) is 29.3 Å². The minimum atomic E-state index is -0.804. The van der Waals surface area contributed by atoms with Gasteiger partial charge in [0.15, 0.2) is 0 Å². The predicted molar refractivity (Wildman–Crippen MR) is 117 cm³/mol. The molecule has 1 aliphatic heterocycles. The van der Waals surface area contributed by atoms with Crippen molar-refractivity contribution in [1.82, 2.24) is 14.9 Å². The van der Waals surface area contributed by atoms with Crippen molar-refractivity contribution in [2.45, 2.75) is 12.8 Å². The number of rotatable bonds is 5. The number of anilines is 3. The number of pyridine rings is 2. The lowest BCUT2D eigenvalue weighted by molar-refractivity contribution is -0.117. The highest BCUT2D eigenvalue weighted by Gasteiger charge is 2.22. The molecule has 0 saturated carbocycles. The first-order chi connectivity index (χ1) is 15.3. The Hall–Kier alpha value is -3.88. The lowest BCUT2D eigenvalue weighted by atomic mass is 10.0. The van der Waals surface area contributed by atoms with E-state index in [1.165, 1.54) is 25.2 Å². The summed E-state index contributed by atoms with van der Waals surface area (Å²) in [4.78, 5) is 35.2. The number of halogens is 2. The molecule has 7 nitrogen and oxygen atoms in total. The van der Waals surface area contributed by atoms with Crippen LogP contribution in [0.15, 0.2) is 48.9 Å². The summed E-state index contributed by atoms with van der Waals surface area (Å²) < 4.78 is 29.0. The molecule has 1 N–H and O–H groups in total. The summed E-state index contributed by atoms with van der Waals surface area (Å²) >= 11 is 0. The number of hydrogen-bond acceptors (Lipinski definition) is 5. The second-order valence-corrected chi connectivity index (χ2v) is 7.65. The number of carbonyl (C=O) groups is 2. The molecule has 164 valence electrons. The second kappa shape index (κ2) is 8.70. The van der Waals surface area contributed by atoms with E-state index in [0.717, 1.165) is 18.6 Å². The summed E-state index contributed by atoms with van der Waals surface area (Å²) in [7, 11) is 2.94. The SMILES string of the molecule is CN(C)C(=O)c1cc(F)c(-c2ccc(Nc3cncc(N4CCCC4=O)c3)nc2)cc1F. The van der Waals surface area contributed by atoms with Crippen LogP contribution in [0, 0.1) is 11.6 Å². The summed E-state index contributed by atoms with van der Waals surface area (Å²) in [5.41, 5.74) is 1.40. The van der Waals surface area contributed by atoms with Gasteiger partial charge in [0.25, 0.3) is 5.91 Å². The fourth-order valence-corrected chi connectivity index (χ4v) is 3.51. The monoisotopic (exact) mass is 437 g/mol. The molecule has 2 aromatic heterocycles. The quantitative estimate of drug-likeness (QED) is 0.653. The van der Waals surface area contributed by atoms with Crippen LogP contribution in [0.3, 0.4) is 0 Å². The Morgan fingerprint density at radius 1 is 1.09 bits per heavy atom. The molecule has 4 rings (SSSR count). The van der Waals surface area contributed by atoms with Crippen molar-refractivity contribution >= 4 is 29.0 Å². The number of carbonyl (C=O) groups excluding carboxylic acids is 2. The average Bonchev–Trinajstić information content (AvgIpc) is 3.21. The van der Waals surface area contributed by atoms with Crippen LogP contribution in [0.1, 0.15) is 23.2 Å². The lowest BCUT2D eigenvalue weighted by Gasteiger charge is -2.16. The fraction of sp³-hybridized carbons (Fsp3) is 0.217. The third kappa shape index (κ3) is 4.27. The van der Waals surface area contributed by atoms with Crippen molar-refractivity contribution in [3.05, 3.63) is 66.1 Å². The zero-order valence-corrected chi connectivity index (χ0v) is 17.6. The number of nitrogens with zero attached hydrogens (tertiary/aromatic N) is 4. The Bertz CT molecular complexity index is 1180. The lowest BCUT2D eigenvalue weighted by Crippen LogP contribution is -2.23. The predicted octanol–water partition coefficient (Wildman–Crippen LogP) is 3.99. The van der Waals surface area contributed by atoms with Crippen molar-refractivity contribution in [3.63, 3.8) is 0 Å². The van der Waals surface area contributed by atoms with Crippen LogP contribution in [0.5, 0.6) is 0 Å². The van der Waals surface area contributed by atoms with Crippen molar-refractivity contribution in [2.24, 2.45) is 0 Å². The zero-order chi connectivity index (χ0) is 22.8. The minimum absolute atomic E-state index is 0.00747. The second-order valence-electron chi connectivity index (χ2n) is 7.65. The van der Waals surface area contributed by atoms with Crippen LogP contribution in [0.2, 0.25) is 0 Å². The molecule has 2 amide bonds. The molecular formula is C23H21F2N5O2. The van der Waals surface area contributed by atoms with Gasteiger partial charge in [0, 0.05) is 44.4 Å². The third-order valence-corrected chi connectivity index (χ3v) is 5.15. The molecule has 0 spiro atoms. The van der Waals surface area contributed by atoms with Gasteiger partial charge in [0.1, 0.15) is 17.5 Å². The Morgan fingerprint density at radius 3 is 2.56 bits per heavy atom. The Kier molecular flexibility index (Phi) is 5.81. The molecular weight excluding hydrogens is 416 g/mol. The third-order valence-electron chi connectivity index (χ3n) is 5.15. The van der Waals surface area contributed by atoms with Gasteiger partial charge in [-0.25, -0.2) is 13.8 Å². The normalized spacial score (nSPS) is 13.4. The molecule has 1 aromatic carbocycles. The number of hydrogen-bond donors (Lipinski definition) is 1. The molecule has 3 aromatic rings. The van der Waals surface area contributed by atoms with Gasteiger partial charge in [-0.05, 0) is 36.8 Å². The number of benzene rings is 1. The molecule has 0 aliphatic carbocycles. The summed E-state index contributed by atoms with van der Waals surface area (Å²) in [6, 6.07) is 6.93. The molecule has 0 unspecified atom stereocenters. The maximum Gasteiger partial charge on any atom is 0.256 e. The molecule has 32 heavy (non-hydrogen) atoms. The van der Waals surface area contributed by atoms with E-state index in [1.54, 1.807) is 35.5 Å². The van der Waals surface area contributed by atoms with Crippen molar-refractivity contribution in [2.75, 3.05) is 30.9 Å². The molecule has 1 aliphatic rings. The molecule has 9 heteroatoms. The highest BCUT2D eigenvalue weighted by Crippen LogP contribution is 2.28. The van der Waals surface area contributed by atoms with E-state index in [4.69, 9.17) is 0 Å². The smallest absolute Gasteiger partial charge is 0.256 e. The fourth-order valence-electron chi connectivity index (χ4n) is 3.51. The van der Waals surface area contributed by atoms with Crippen LogP contribution in [0.25, 0.3) is 11.1 Å². The van der Waals surface area contributed by atoms with Crippen LogP contribution >= 0.6 is 0 Å². The number of amides is 2. The molecule has 0 bridgehead atoms. The maximum absolute atomic E-state index is 14.6. The van der Waals surface area contributed by atoms with Crippen LogP contribution in [-0.2, 0) is 4.79 Å². The topological polar surface area (TPSA) is 78.4 Å². The molecule has 3 heterocycles. The van der Waals surface area contributed by atoms with E-state index < -0.39 is 17.5 Å². The molecule has 0 radical (unpaired) electrons.